The van der Waals surface area contributed by atoms with E-state index in [1.807, 2.05) is 19.1 Å². The molecule has 3 N–H and O–H groups in total. The van der Waals surface area contributed by atoms with Crippen molar-refractivity contribution in [3.63, 3.8) is 0 Å². The molecule has 5 heteroatoms. The molecule has 2 rings (SSSR count). The SMILES string of the molecule is CC(NCc1cccnn1)c1cc(O)cc(O)c1. The topological polar surface area (TPSA) is 78.3 Å². The minimum atomic E-state index is -0.00925. The lowest BCUT2D eigenvalue weighted by atomic mass is 10.1. The van der Waals surface area contributed by atoms with Crippen LogP contribution < -0.4 is 5.32 Å². The number of benzene rings is 1. The Labute approximate surface area is 105 Å². The van der Waals surface area contributed by atoms with E-state index in [0.29, 0.717) is 6.54 Å². The Morgan fingerprint density at radius 1 is 1.22 bits per heavy atom. The molecule has 1 unspecified atom stereocenters. The number of nitrogens with one attached hydrogen (secondary N) is 1. The number of nitrogens with zero attached hydrogens (tertiary/aromatic N) is 2. The Kier molecular flexibility index (Phi) is 3.74. The average molecular weight is 245 g/mol. The van der Waals surface area contributed by atoms with Gasteiger partial charge in [0.1, 0.15) is 11.5 Å². The van der Waals surface area contributed by atoms with Crippen molar-refractivity contribution in [2.24, 2.45) is 0 Å². The van der Waals surface area contributed by atoms with Crippen molar-refractivity contribution in [1.82, 2.24) is 15.5 Å². The van der Waals surface area contributed by atoms with E-state index < -0.39 is 0 Å². The van der Waals surface area contributed by atoms with Crippen molar-refractivity contribution in [2.45, 2.75) is 19.5 Å². The number of hydrogen-bond donors (Lipinski definition) is 3. The van der Waals surface area contributed by atoms with Gasteiger partial charge in [0.05, 0.1) is 5.69 Å². The lowest BCUT2D eigenvalue weighted by molar-refractivity contribution is 0.446. The van der Waals surface area contributed by atoms with Crippen LogP contribution in [0.5, 0.6) is 11.5 Å². The third-order valence-electron chi connectivity index (χ3n) is 2.64. The molecular formula is C13H15N3O2. The van der Waals surface area contributed by atoms with Crippen molar-refractivity contribution >= 4 is 0 Å². The summed E-state index contributed by atoms with van der Waals surface area (Å²) in [5.41, 5.74) is 1.66. The molecule has 0 fully saturated rings. The van der Waals surface area contributed by atoms with Gasteiger partial charge in [-0.3, -0.25) is 0 Å². The minimum absolute atomic E-state index is 0.00925. The molecule has 0 amide bonds. The fourth-order valence-corrected chi connectivity index (χ4v) is 1.67. The van der Waals surface area contributed by atoms with Crippen LogP contribution in [0.1, 0.15) is 24.2 Å². The Bertz CT molecular complexity index is 497. The molecule has 0 bridgehead atoms. The zero-order valence-electron chi connectivity index (χ0n) is 10.0. The first-order chi connectivity index (χ1) is 8.65. The average Bonchev–Trinajstić information content (AvgIpc) is 2.36. The van der Waals surface area contributed by atoms with Crippen molar-refractivity contribution in [3.8, 4) is 11.5 Å². The number of rotatable bonds is 4. The van der Waals surface area contributed by atoms with Gasteiger partial charge in [-0.05, 0) is 36.8 Å². The lowest BCUT2D eigenvalue weighted by Gasteiger charge is -2.14. The molecule has 0 aliphatic heterocycles. The largest absolute Gasteiger partial charge is 0.508 e. The molecule has 0 saturated heterocycles. The summed E-state index contributed by atoms with van der Waals surface area (Å²) in [6, 6.07) is 8.24. The highest BCUT2D eigenvalue weighted by atomic mass is 16.3. The van der Waals surface area contributed by atoms with Crippen LogP contribution in [0.2, 0.25) is 0 Å². The van der Waals surface area contributed by atoms with Crippen molar-refractivity contribution in [1.29, 1.82) is 0 Å². The summed E-state index contributed by atoms with van der Waals surface area (Å²) in [5.74, 6) is 0.108. The lowest BCUT2D eigenvalue weighted by Crippen LogP contribution is -2.18. The molecule has 1 aromatic carbocycles. The monoisotopic (exact) mass is 245 g/mol. The van der Waals surface area contributed by atoms with Crippen LogP contribution in [-0.4, -0.2) is 20.4 Å². The summed E-state index contributed by atoms with van der Waals surface area (Å²) >= 11 is 0. The molecule has 0 saturated carbocycles. The second-order valence-corrected chi connectivity index (χ2v) is 4.10. The fourth-order valence-electron chi connectivity index (χ4n) is 1.67. The number of phenols is 2. The van der Waals surface area contributed by atoms with Crippen molar-refractivity contribution in [2.75, 3.05) is 0 Å². The molecule has 0 aliphatic rings. The van der Waals surface area contributed by atoms with Gasteiger partial charge in [-0.2, -0.15) is 10.2 Å². The third kappa shape index (κ3) is 3.18. The van der Waals surface area contributed by atoms with Gasteiger partial charge in [0, 0.05) is 24.8 Å². The first-order valence-corrected chi connectivity index (χ1v) is 5.68. The van der Waals surface area contributed by atoms with E-state index in [-0.39, 0.29) is 17.5 Å². The standard InChI is InChI=1S/C13H15N3O2/c1-9(10-5-12(17)7-13(18)6-10)14-8-11-3-2-4-15-16-11/h2-7,9,14,17-18H,8H2,1H3. The van der Waals surface area contributed by atoms with Crippen LogP contribution in [0.15, 0.2) is 36.5 Å². The Balaban J connectivity index is 2.01. The maximum Gasteiger partial charge on any atom is 0.119 e. The Hall–Kier alpha value is -2.14. The van der Waals surface area contributed by atoms with Gasteiger partial charge in [0.15, 0.2) is 0 Å². The number of phenolic OH excluding ortho intramolecular Hbond substituents is 2. The third-order valence-corrected chi connectivity index (χ3v) is 2.64. The number of aromatic nitrogens is 2. The molecule has 0 aliphatic carbocycles. The summed E-state index contributed by atoms with van der Waals surface area (Å²) in [7, 11) is 0. The smallest absolute Gasteiger partial charge is 0.119 e. The van der Waals surface area contributed by atoms with Crippen LogP contribution in [0.4, 0.5) is 0 Å². The van der Waals surface area contributed by atoms with Crippen LogP contribution in [0.3, 0.4) is 0 Å². The molecule has 1 heterocycles. The van der Waals surface area contributed by atoms with Crippen LogP contribution in [0.25, 0.3) is 0 Å². The van der Waals surface area contributed by atoms with Gasteiger partial charge in [-0.15, -0.1) is 0 Å². The Morgan fingerprint density at radius 2 is 1.94 bits per heavy atom. The predicted molar refractivity (Wildman–Crippen MR) is 67.1 cm³/mol. The van der Waals surface area contributed by atoms with Crippen molar-refractivity contribution in [3.05, 3.63) is 47.8 Å². The molecule has 18 heavy (non-hydrogen) atoms. The minimum Gasteiger partial charge on any atom is -0.508 e. The van der Waals surface area contributed by atoms with Gasteiger partial charge >= 0.3 is 0 Å². The second-order valence-electron chi connectivity index (χ2n) is 4.10. The molecule has 1 atom stereocenters. The zero-order chi connectivity index (χ0) is 13.0. The normalized spacial score (nSPS) is 12.3. The Morgan fingerprint density at radius 3 is 2.56 bits per heavy atom. The number of hydrogen-bond acceptors (Lipinski definition) is 5. The summed E-state index contributed by atoms with van der Waals surface area (Å²) < 4.78 is 0. The summed E-state index contributed by atoms with van der Waals surface area (Å²) in [4.78, 5) is 0. The highest BCUT2D eigenvalue weighted by Crippen LogP contribution is 2.24. The van der Waals surface area contributed by atoms with E-state index in [0.717, 1.165) is 11.3 Å². The van der Waals surface area contributed by atoms with E-state index >= 15 is 0 Å². The van der Waals surface area contributed by atoms with Gasteiger partial charge in [-0.25, -0.2) is 0 Å². The predicted octanol–water partition coefficient (Wildman–Crippen LogP) is 1.74. The quantitative estimate of drug-likeness (QED) is 0.764. The molecule has 0 radical (unpaired) electrons. The first-order valence-electron chi connectivity index (χ1n) is 5.68. The summed E-state index contributed by atoms with van der Waals surface area (Å²) in [6.07, 6.45) is 1.63. The van der Waals surface area contributed by atoms with E-state index in [9.17, 15) is 10.2 Å². The summed E-state index contributed by atoms with van der Waals surface area (Å²) in [5, 5.41) is 29.8. The number of aromatic hydroxyl groups is 2. The molecule has 1 aromatic heterocycles. The first kappa shape index (κ1) is 12.3. The fraction of sp³-hybridized carbons (Fsp3) is 0.231. The van der Waals surface area contributed by atoms with Crippen LogP contribution in [-0.2, 0) is 6.54 Å². The maximum absolute atomic E-state index is 9.42. The van der Waals surface area contributed by atoms with Gasteiger partial charge in [0.2, 0.25) is 0 Å². The van der Waals surface area contributed by atoms with Gasteiger partial charge < -0.3 is 15.5 Å². The highest BCUT2D eigenvalue weighted by Gasteiger charge is 2.08. The zero-order valence-corrected chi connectivity index (χ0v) is 10.0. The van der Waals surface area contributed by atoms with Crippen LogP contribution in [0, 0.1) is 0 Å². The molecule has 94 valence electrons. The molecule has 2 aromatic rings. The van der Waals surface area contributed by atoms with E-state index in [4.69, 9.17) is 0 Å². The molecular weight excluding hydrogens is 230 g/mol. The molecule has 0 spiro atoms. The van der Waals surface area contributed by atoms with E-state index in [2.05, 4.69) is 15.5 Å². The van der Waals surface area contributed by atoms with E-state index in [1.165, 1.54) is 6.07 Å². The summed E-state index contributed by atoms with van der Waals surface area (Å²) in [6.45, 7) is 2.52. The van der Waals surface area contributed by atoms with Crippen LogP contribution >= 0.6 is 0 Å². The second kappa shape index (κ2) is 5.46. The van der Waals surface area contributed by atoms with Gasteiger partial charge in [-0.1, -0.05) is 0 Å². The van der Waals surface area contributed by atoms with E-state index in [1.54, 1.807) is 18.3 Å². The highest BCUT2D eigenvalue weighted by molar-refractivity contribution is 5.37. The maximum atomic E-state index is 9.42. The molecule has 5 nitrogen and oxygen atoms in total. The van der Waals surface area contributed by atoms with Gasteiger partial charge in [0.25, 0.3) is 0 Å². The van der Waals surface area contributed by atoms with Crippen molar-refractivity contribution < 1.29 is 10.2 Å².